The number of aryl methyl sites for hydroxylation is 1. The highest BCUT2D eigenvalue weighted by Crippen LogP contribution is 2.20. The van der Waals surface area contributed by atoms with Gasteiger partial charge in [-0.05, 0) is 35.0 Å². The van der Waals surface area contributed by atoms with Gasteiger partial charge in [-0.1, -0.05) is 0 Å². The number of aromatic nitrogens is 1. The summed E-state index contributed by atoms with van der Waals surface area (Å²) in [5.41, 5.74) is 0.450. The normalized spacial score (nSPS) is 18.1. The van der Waals surface area contributed by atoms with E-state index in [2.05, 4.69) is 26.2 Å². The van der Waals surface area contributed by atoms with E-state index in [1.54, 1.807) is 12.1 Å². The van der Waals surface area contributed by atoms with Gasteiger partial charge in [-0.3, -0.25) is 4.79 Å². The highest BCUT2D eigenvalue weighted by atomic mass is 79.9. The van der Waals surface area contributed by atoms with Gasteiger partial charge in [0.2, 0.25) is 0 Å². The number of halogens is 1. The summed E-state index contributed by atoms with van der Waals surface area (Å²) in [7, 11) is 0. The highest BCUT2D eigenvalue weighted by molar-refractivity contribution is 9.10. The molecule has 19 heavy (non-hydrogen) atoms. The summed E-state index contributed by atoms with van der Waals surface area (Å²) >= 11 is 3.27. The third-order valence-electron chi connectivity index (χ3n) is 3.23. The number of aliphatic hydroxyl groups is 1. The minimum atomic E-state index is -0.863. The Kier molecular flexibility index (Phi) is 4.54. The molecule has 6 heteroatoms. The van der Waals surface area contributed by atoms with E-state index in [-0.39, 0.29) is 12.5 Å². The largest absolute Gasteiger partial charge is 0.388 e. The fourth-order valence-electron chi connectivity index (χ4n) is 1.96. The van der Waals surface area contributed by atoms with Crippen molar-refractivity contribution in [2.24, 2.45) is 0 Å². The molecule has 2 rings (SSSR count). The smallest absolute Gasteiger partial charge is 0.254 e. The summed E-state index contributed by atoms with van der Waals surface area (Å²) < 4.78 is 5.72. The van der Waals surface area contributed by atoms with E-state index in [0.717, 1.165) is 5.69 Å². The van der Waals surface area contributed by atoms with Crippen LogP contribution in [0.5, 0.6) is 0 Å². The van der Waals surface area contributed by atoms with Gasteiger partial charge >= 0.3 is 0 Å². The second-order valence-electron chi connectivity index (χ2n) is 4.81. The number of hydrogen-bond acceptors (Lipinski definition) is 4. The van der Waals surface area contributed by atoms with E-state index >= 15 is 0 Å². The summed E-state index contributed by atoms with van der Waals surface area (Å²) in [4.78, 5) is 16.2. The minimum absolute atomic E-state index is 0.232. The molecule has 0 saturated carbocycles. The van der Waals surface area contributed by atoms with Gasteiger partial charge in [-0.2, -0.15) is 0 Å². The van der Waals surface area contributed by atoms with Gasteiger partial charge in [0.05, 0.1) is 11.2 Å². The second kappa shape index (κ2) is 5.98. The van der Waals surface area contributed by atoms with Crippen LogP contribution in [0.1, 0.15) is 28.9 Å². The summed E-state index contributed by atoms with van der Waals surface area (Å²) in [6.07, 6.45) is 1.08. The average Bonchev–Trinajstić information content (AvgIpc) is 2.37. The van der Waals surface area contributed by atoms with Crippen LogP contribution in [0.2, 0.25) is 0 Å². The first-order valence-electron chi connectivity index (χ1n) is 6.22. The van der Waals surface area contributed by atoms with Gasteiger partial charge in [0.25, 0.3) is 5.91 Å². The maximum absolute atomic E-state index is 12.0. The van der Waals surface area contributed by atoms with Crippen molar-refractivity contribution in [3.05, 3.63) is 28.0 Å². The molecule has 0 aromatic carbocycles. The molecule has 0 aliphatic carbocycles. The van der Waals surface area contributed by atoms with Crippen molar-refractivity contribution < 1.29 is 14.6 Å². The van der Waals surface area contributed by atoms with E-state index in [1.165, 1.54) is 0 Å². The molecule has 5 nitrogen and oxygen atoms in total. The Morgan fingerprint density at radius 3 is 2.84 bits per heavy atom. The number of nitrogens with one attached hydrogen (secondary N) is 1. The van der Waals surface area contributed by atoms with Crippen molar-refractivity contribution in [3.8, 4) is 0 Å². The Balaban J connectivity index is 1.97. The van der Waals surface area contributed by atoms with Crippen molar-refractivity contribution in [1.29, 1.82) is 0 Å². The molecule has 1 aromatic rings. The Hall–Kier alpha value is -0.980. The molecule has 0 spiro atoms. The lowest BCUT2D eigenvalue weighted by molar-refractivity contribution is -0.0605. The van der Waals surface area contributed by atoms with Gasteiger partial charge in [-0.25, -0.2) is 4.98 Å². The van der Waals surface area contributed by atoms with Crippen LogP contribution in [-0.4, -0.2) is 41.4 Å². The van der Waals surface area contributed by atoms with Gasteiger partial charge in [0.1, 0.15) is 4.60 Å². The van der Waals surface area contributed by atoms with Crippen molar-refractivity contribution in [3.63, 3.8) is 0 Å². The Morgan fingerprint density at radius 1 is 1.53 bits per heavy atom. The quantitative estimate of drug-likeness (QED) is 0.823. The lowest BCUT2D eigenvalue weighted by atomic mass is 9.94. The Morgan fingerprint density at radius 2 is 2.21 bits per heavy atom. The monoisotopic (exact) mass is 328 g/mol. The van der Waals surface area contributed by atoms with Crippen molar-refractivity contribution in [1.82, 2.24) is 10.3 Å². The van der Waals surface area contributed by atoms with Crippen molar-refractivity contribution in [2.45, 2.75) is 25.4 Å². The number of ether oxygens (including phenoxy) is 1. The van der Waals surface area contributed by atoms with E-state index < -0.39 is 5.60 Å². The van der Waals surface area contributed by atoms with Gasteiger partial charge in [0, 0.05) is 38.3 Å². The predicted molar refractivity (Wildman–Crippen MR) is 74.0 cm³/mol. The molecule has 0 radical (unpaired) electrons. The van der Waals surface area contributed by atoms with Crippen LogP contribution >= 0.6 is 15.9 Å². The van der Waals surface area contributed by atoms with Crippen LogP contribution in [0, 0.1) is 6.92 Å². The predicted octanol–water partition coefficient (Wildman–Crippen LogP) is 1.42. The van der Waals surface area contributed by atoms with Gasteiger partial charge in [0.15, 0.2) is 0 Å². The number of amides is 1. The topological polar surface area (TPSA) is 71.5 Å². The molecule has 1 aliphatic rings. The molecule has 1 saturated heterocycles. The molecule has 2 N–H and O–H groups in total. The molecule has 1 fully saturated rings. The maximum atomic E-state index is 12.0. The first kappa shape index (κ1) is 14.4. The molecule has 0 unspecified atom stereocenters. The first-order chi connectivity index (χ1) is 9.00. The third kappa shape index (κ3) is 3.75. The number of carbonyl (C=O) groups excluding carboxylic acids is 1. The summed E-state index contributed by atoms with van der Waals surface area (Å²) in [5.74, 6) is -0.237. The van der Waals surface area contributed by atoms with Crippen molar-refractivity contribution >= 4 is 21.8 Å². The van der Waals surface area contributed by atoms with E-state index in [9.17, 15) is 9.90 Å². The minimum Gasteiger partial charge on any atom is -0.388 e. The second-order valence-corrected chi connectivity index (χ2v) is 5.56. The zero-order valence-electron chi connectivity index (χ0n) is 10.8. The number of pyridine rings is 1. The van der Waals surface area contributed by atoms with Crippen LogP contribution < -0.4 is 5.32 Å². The third-order valence-corrected chi connectivity index (χ3v) is 3.84. The first-order valence-corrected chi connectivity index (χ1v) is 7.01. The van der Waals surface area contributed by atoms with Crippen LogP contribution in [0.3, 0.4) is 0 Å². The van der Waals surface area contributed by atoms with Crippen molar-refractivity contribution in [2.75, 3.05) is 19.8 Å². The highest BCUT2D eigenvalue weighted by Gasteiger charge is 2.30. The number of nitrogens with zero attached hydrogens (tertiary/aromatic N) is 1. The summed E-state index contributed by atoms with van der Waals surface area (Å²) in [6.45, 7) is 3.15. The zero-order valence-corrected chi connectivity index (χ0v) is 12.4. The zero-order chi connectivity index (χ0) is 13.9. The lowest BCUT2D eigenvalue weighted by Crippen LogP contribution is -2.46. The molecule has 0 atom stereocenters. The molecule has 0 bridgehead atoms. The molecule has 1 aliphatic heterocycles. The van der Waals surface area contributed by atoms with Crippen LogP contribution in [0.15, 0.2) is 16.7 Å². The average molecular weight is 329 g/mol. The molecule has 1 amide bonds. The number of carbonyl (C=O) groups is 1. The molecule has 104 valence electrons. The standard InChI is InChI=1S/C13H17BrN2O3/c1-9-2-3-10(11(14)16-9)12(17)15-8-13(18)4-6-19-7-5-13/h2-3,18H,4-8H2,1H3,(H,15,17). The Bertz CT molecular complexity index is 473. The summed E-state index contributed by atoms with van der Waals surface area (Å²) in [5, 5.41) is 13.0. The van der Waals surface area contributed by atoms with Crippen LogP contribution in [0.4, 0.5) is 0 Å². The maximum Gasteiger partial charge on any atom is 0.254 e. The molecule has 1 aromatic heterocycles. The number of rotatable bonds is 3. The Labute approximate surface area is 120 Å². The number of hydrogen-bond donors (Lipinski definition) is 2. The molecular formula is C13H17BrN2O3. The van der Waals surface area contributed by atoms with E-state index in [4.69, 9.17) is 4.74 Å². The van der Waals surface area contributed by atoms with E-state index in [0.29, 0.717) is 36.2 Å². The lowest BCUT2D eigenvalue weighted by Gasteiger charge is -2.32. The van der Waals surface area contributed by atoms with E-state index in [1.807, 2.05) is 6.92 Å². The van der Waals surface area contributed by atoms with Gasteiger partial charge in [-0.15, -0.1) is 0 Å². The van der Waals surface area contributed by atoms with Crippen LogP contribution in [-0.2, 0) is 4.74 Å². The SMILES string of the molecule is Cc1ccc(C(=O)NCC2(O)CCOCC2)c(Br)n1. The fraction of sp³-hybridized carbons (Fsp3) is 0.538. The fourth-order valence-corrected chi connectivity index (χ4v) is 2.55. The molecular weight excluding hydrogens is 312 g/mol. The summed E-state index contributed by atoms with van der Waals surface area (Å²) in [6, 6.07) is 3.50. The van der Waals surface area contributed by atoms with Gasteiger partial charge < -0.3 is 15.2 Å². The molecule has 2 heterocycles. The van der Waals surface area contributed by atoms with Crippen LogP contribution in [0.25, 0.3) is 0 Å².